The van der Waals surface area contributed by atoms with Gasteiger partial charge in [-0.1, -0.05) is 44.7 Å². The SMILES string of the molecule is CCCCOc1ccc(C(CN)N(C)C2CCCCC2)cc1. The number of ether oxygens (including phenoxy) is 1. The van der Waals surface area contributed by atoms with Gasteiger partial charge >= 0.3 is 0 Å². The van der Waals surface area contributed by atoms with E-state index in [0.29, 0.717) is 18.6 Å². The molecule has 0 amide bonds. The number of rotatable bonds is 8. The van der Waals surface area contributed by atoms with Crippen LogP contribution in [-0.4, -0.2) is 31.1 Å². The van der Waals surface area contributed by atoms with E-state index in [1.807, 2.05) is 0 Å². The van der Waals surface area contributed by atoms with Crippen LogP contribution in [0.3, 0.4) is 0 Å². The van der Waals surface area contributed by atoms with Crippen molar-refractivity contribution in [1.29, 1.82) is 0 Å². The van der Waals surface area contributed by atoms with Crippen molar-refractivity contribution in [2.75, 3.05) is 20.2 Å². The molecule has 0 aromatic heterocycles. The van der Waals surface area contributed by atoms with Gasteiger partial charge in [-0.05, 0) is 44.0 Å². The molecule has 22 heavy (non-hydrogen) atoms. The highest BCUT2D eigenvalue weighted by atomic mass is 16.5. The molecule has 0 spiro atoms. The molecule has 1 saturated carbocycles. The second-order valence-corrected chi connectivity index (χ2v) is 6.48. The van der Waals surface area contributed by atoms with Crippen LogP contribution in [-0.2, 0) is 0 Å². The summed E-state index contributed by atoms with van der Waals surface area (Å²) in [5.41, 5.74) is 7.38. The Kier molecular flexibility index (Phi) is 7.20. The van der Waals surface area contributed by atoms with Crippen LogP contribution < -0.4 is 10.5 Å². The maximum atomic E-state index is 6.08. The molecule has 1 fully saturated rings. The highest BCUT2D eigenvalue weighted by Gasteiger charge is 2.24. The zero-order valence-corrected chi connectivity index (χ0v) is 14.3. The van der Waals surface area contributed by atoms with Crippen molar-refractivity contribution < 1.29 is 4.74 Å². The Hall–Kier alpha value is -1.06. The molecule has 0 heterocycles. The van der Waals surface area contributed by atoms with Gasteiger partial charge in [0, 0.05) is 18.6 Å². The van der Waals surface area contributed by atoms with Gasteiger partial charge < -0.3 is 10.5 Å². The molecule has 1 unspecified atom stereocenters. The van der Waals surface area contributed by atoms with Crippen molar-refractivity contribution in [3.8, 4) is 5.75 Å². The minimum absolute atomic E-state index is 0.313. The van der Waals surface area contributed by atoms with Gasteiger partial charge in [-0.3, -0.25) is 4.90 Å². The minimum Gasteiger partial charge on any atom is -0.494 e. The fraction of sp³-hybridized carbons (Fsp3) is 0.684. The van der Waals surface area contributed by atoms with Gasteiger partial charge in [-0.25, -0.2) is 0 Å². The maximum absolute atomic E-state index is 6.08. The molecule has 1 atom stereocenters. The Labute approximate surface area is 135 Å². The lowest BCUT2D eigenvalue weighted by molar-refractivity contribution is 0.140. The van der Waals surface area contributed by atoms with E-state index in [1.165, 1.54) is 44.1 Å². The van der Waals surface area contributed by atoms with Crippen LogP contribution in [0.5, 0.6) is 5.75 Å². The highest BCUT2D eigenvalue weighted by Crippen LogP contribution is 2.29. The van der Waals surface area contributed by atoms with E-state index in [1.54, 1.807) is 0 Å². The van der Waals surface area contributed by atoms with Crippen LogP contribution in [0, 0.1) is 0 Å². The summed E-state index contributed by atoms with van der Waals surface area (Å²) in [7, 11) is 2.24. The molecule has 1 aromatic rings. The van der Waals surface area contributed by atoms with Gasteiger partial charge in [0.25, 0.3) is 0 Å². The molecule has 0 bridgehead atoms. The van der Waals surface area contributed by atoms with E-state index in [2.05, 4.69) is 43.1 Å². The Morgan fingerprint density at radius 1 is 1.18 bits per heavy atom. The molecule has 0 saturated heterocycles. The number of nitrogens with two attached hydrogens (primary N) is 1. The van der Waals surface area contributed by atoms with Gasteiger partial charge in [-0.15, -0.1) is 0 Å². The molecule has 124 valence electrons. The van der Waals surface area contributed by atoms with E-state index >= 15 is 0 Å². The van der Waals surface area contributed by atoms with Crippen molar-refractivity contribution in [1.82, 2.24) is 4.90 Å². The van der Waals surface area contributed by atoms with E-state index in [4.69, 9.17) is 10.5 Å². The number of hydrogen-bond acceptors (Lipinski definition) is 3. The lowest BCUT2D eigenvalue weighted by atomic mass is 9.92. The second kappa shape index (κ2) is 9.16. The fourth-order valence-electron chi connectivity index (χ4n) is 3.40. The first-order valence-corrected chi connectivity index (χ1v) is 8.91. The van der Waals surface area contributed by atoms with Crippen LogP contribution >= 0.6 is 0 Å². The van der Waals surface area contributed by atoms with Crippen molar-refractivity contribution >= 4 is 0 Å². The molecular formula is C19H32N2O. The number of nitrogens with zero attached hydrogens (tertiary/aromatic N) is 1. The van der Waals surface area contributed by atoms with Crippen molar-refractivity contribution in [2.45, 2.75) is 64.0 Å². The molecule has 1 aromatic carbocycles. The first kappa shape index (κ1) is 17.3. The topological polar surface area (TPSA) is 38.5 Å². The Morgan fingerprint density at radius 2 is 1.86 bits per heavy atom. The average molecular weight is 304 g/mol. The summed E-state index contributed by atoms with van der Waals surface area (Å²) in [4.78, 5) is 2.49. The van der Waals surface area contributed by atoms with Crippen molar-refractivity contribution in [3.05, 3.63) is 29.8 Å². The van der Waals surface area contributed by atoms with Gasteiger partial charge in [0.15, 0.2) is 0 Å². The Bertz CT molecular complexity index is 412. The number of hydrogen-bond donors (Lipinski definition) is 1. The van der Waals surface area contributed by atoms with Crippen LogP contribution in [0.15, 0.2) is 24.3 Å². The number of benzene rings is 1. The summed E-state index contributed by atoms with van der Waals surface area (Å²) in [6, 6.07) is 9.52. The minimum atomic E-state index is 0.313. The van der Waals surface area contributed by atoms with Crippen LogP contribution in [0.4, 0.5) is 0 Å². The normalized spacial score (nSPS) is 17.6. The molecule has 3 heteroatoms. The Balaban J connectivity index is 1.97. The summed E-state index contributed by atoms with van der Waals surface area (Å²) < 4.78 is 5.75. The predicted molar refractivity (Wildman–Crippen MR) is 93.3 cm³/mol. The molecule has 1 aliphatic carbocycles. The predicted octanol–water partition coefficient (Wildman–Crippen LogP) is 4.13. The van der Waals surface area contributed by atoms with Gasteiger partial charge in [0.05, 0.1) is 6.61 Å². The third-order valence-corrected chi connectivity index (χ3v) is 4.90. The number of likely N-dealkylation sites (N-methyl/N-ethyl adjacent to an activating group) is 1. The summed E-state index contributed by atoms with van der Waals surface area (Å²) in [6.45, 7) is 3.65. The quantitative estimate of drug-likeness (QED) is 0.734. The third-order valence-electron chi connectivity index (χ3n) is 4.90. The molecule has 3 nitrogen and oxygen atoms in total. The summed E-state index contributed by atoms with van der Waals surface area (Å²) in [5, 5.41) is 0. The number of unbranched alkanes of at least 4 members (excludes halogenated alkanes) is 1. The summed E-state index contributed by atoms with van der Waals surface area (Å²) >= 11 is 0. The third kappa shape index (κ3) is 4.72. The highest BCUT2D eigenvalue weighted by molar-refractivity contribution is 5.29. The summed E-state index contributed by atoms with van der Waals surface area (Å²) in [6.07, 6.45) is 9.00. The van der Waals surface area contributed by atoms with Gasteiger partial charge in [0.1, 0.15) is 5.75 Å². The smallest absolute Gasteiger partial charge is 0.119 e. The van der Waals surface area contributed by atoms with Crippen LogP contribution in [0.2, 0.25) is 0 Å². The van der Waals surface area contributed by atoms with Gasteiger partial charge in [-0.2, -0.15) is 0 Å². The zero-order chi connectivity index (χ0) is 15.8. The standard InChI is InChI=1S/C19H32N2O/c1-3-4-14-22-18-12-10-16(11-13-18)19(15-20)21(2)17-8-6-5-7-9-17/h10-13,17,19H,3-9,14-15,20H2,1-2H3. The molecule has 2 N–H and O–H groups in total. The fourth-order valence-corrected chi connectivity index (χ4v) is 3.40. The van der Waals surface area contributed by atoms with Crippen LogP contribution in [0.25, 0.3) is 0 Å². The Morgan fingerprint density at radius 3 is 2.45 bits per heavy atom. The maximum Gasteiger partial charge on any atom is 0.119 e. The van der Waals surface area contributed by atoms with Crippen LogP contribution in [0.1, 0.15) is 63.5 Å². The molecule has 0 radical (unpaired) electrons. The lowest BCUT2D eigenvalue weighted by Crippen LogP contribution is -2.39. The second-order valence-electron chi connectivity index (χ2n) is 6.48. The summed E-state index contributed by atoms with van der Waals surface area (Å²) in [5.74, 6) is 0.966. The molecule has 2 rings (SSSR count). The monoisotopic (exact) mass is 304 g/mol. The molecular weight excluding hydrogens is 272 g/mol. The molecule has 0 aliphatic heterocycles. The first-order chi connectivity index (χ1) is 10.8. The van der Waals surface area contributed by atoms with E-state index in [9.17, 15) is 0 Å². The first-order valence-electron chi connectivity index (χ1n) is 8.91. The lowest BCUT2D eigenvalue weighted by Gasteiger charge is -2.37. The van der Waals surface area contributed by atoms with E-state index in [0.717, 1.165) is 18.8 Å². The van der Waals surface area contributed by atoms with Gasteiger partial charge in [0.2, 0.25) is 0 Å². The zero-order valence-electron chi connectivity index (χ0n) is 14.3. The van der Waals surface area contributed by atoms with Crippen molar-refractivity contribution in [2.24, 2.45) is 5.73 Å². The van der Waals surface area contributed by atoms with E-state index < -0.39 is 0 Å². The van der Waals surface area contributed by atoms with E-state index in [-0.39, 0.29) is 0 Å². The average Bonchev–Trinajstić information content (AvgIpc) is 2.58. The van der Waals surface area contributed by atoms with Crippen molar-refractivity contribution in [3.63, 3.8) is 0 Å². The molecule has 1 aliphatic rings. The largest absolute Gasteiger partial charge is 0.494 e.